The van der Waals surface area contributed by atoms with Crippen LogP contribution in [0.15, 0.2) is 108 Å². The van der Waals surface area contributed by atoms with Gasteiger partial charge in [-0.1, -0.05) is 78.9 Å². The van der Waals surface area contributed by atoms with Gasteiger partial charge in [0.2, 0.25) is 15.9 Å². The van der Waals surface area contributed by atoms with Crippen LogP contribution in [0.4, 0.5) is 5.69 Å². The molecule has 0 radical (unpaired) electrons. The highest BCUT2D eigenvalue weighted by atomic mass is 32.2. The second kappa shape index (κ2) is 21.4. The first-order chi connectivity index (χ1) is 26.9. The number of nitrogens with one attached hydrogen (secondary N) is 2. The van der Waals surface area contributed by atoms with Crippen molar-refractivity contribution in [2.24, 2.45) is 5.14 Å². The van der Waals surface area contributed by atoms with E-state index in [1.807, 2.05) is 48.5 Å². The average Bonchev–Trinajstić information content (AvgIpc) is 3.19. The van der Waals surface area contributed by atoms with E-state index in [-0.39, 0.29) is 55.7 Å². The van der Waals surface area contributed by atoms with Gasteiger partial charge in [0, 0.05) is 13.1 Å². The first-order valence-corrected chi connectivity index (χ1v) is 19.7. The van der Waals surface area contributed by atoms with Crippen molar-refractivity contribution in [3.63, 3.8) is 0 Å². The van der Waals surface area contributed by atoms with Crippen LogP contribution in [0, 0.1) is 0 Å². The minimum Gasteiger partial charge on any atom is -0.465 e. The quantitative estimate of drug-likeness (QED) is 0.0771. The Bertz CT molecular complexity index is 2020. The largest absolute Gasteiger partial charge is 0.465 e. The van der Waals surface area contributed by atoms with Crippen LogP contribution in [0.2, 0.25) is 0 Å². The maximum atomic E-state index is 14.1. The topological polar surface area (TPSA) is 193 Å². The molecule has 0 bridgehead atoms. The summed E-state index contributed by atoms with van der Waals surface area (Å²) < 4.78 is 47.6. The van der Waals surface area contributed by atoms with Crippen LogP contribution in [0.3, 0.4) is 0 Å². The predicted octanol–water partition coefficient (Wildman–Crippen LogP) is 4.83. The molecule has 1 amide bonds. The van der Waals surface area contributed by atoms with Crippen molar-refractivity contribution in [3.05, 3.63) is 120 Å². The van der Waals surface area contributed by atoms with Crippen LogP contribution in [0.1, 0.15) is 48.7 Å². The van der Waals surface area contributed by atoms with Gasteiger partial charge in [-0.15, -0.1) is 0 Å². The zero-order valence-electron chi connectivity index (χ0n) is 31.6. The SMILES string of the molecule is CCOC(=O)c1cc(NCCN(CC(=O)OCc2ccccc2)C(=O)[C@H](C)N[C@@H](CCc2ccccc2)C(=O)OCC)c(Oc2ccccc2)c(S(N)(=O)=O)c1. The molecule has 0 unspecified atom stereocenters. The molecule has 4 aromatic carbocycles. The zero-order valence-corrected chi connectivity index (χ0v) is 32.5. The number of nitrogens with two attached hydrogens (primary N) is 1. The Morgan fingerprint density at radius 2 is 1.41 bits per heavy atom. The van der Waals surface area contributed by atoms with E-state index < -0.39 is 57.4 Å². The molecule has 0 saturated heterocycles. The van der Waals surface area contributed by atoms with Gasteiger partial charge in [0.05, 0.1) is 30.5 Å². The van der Waals surface area contributed by atoms with Gasteiger partial charge >= 0.3 is 17.9 Å². The molecule has 298 valence electrons. The van der Waals surface area contributed by atoms with Crippen molar-refractivity contribution in [1.29, 1.82) is 0 Å². The third-order valence-electron chi connectivity index (χ3n) is 8.36. The molecule has 0 saturated carbocycles. The van der Waals surface area contributed by atoms with Crippen LogP contribution >= 0.6 is 0 Å². The summed E-state index contributed by atoms with van der Waals surface area (Å²) in [5, 5.41) is 11.8. The minimum atomic E-state index is -4.45. The molecular formula is C41H48N4O10S. The number of hydrogen-bond donors (Lipinski definition) is 3. The fraction of sp³-hybridized carbons (Fsp3) is 0.317. The van der Waals surface area contributed by atoms with Gasteiger partial charge in [0.15, 0.2) is 5.75 Å². The number of benzene rings is 4. The highest BCUT2D eigenvalue weighted by Crippen LogP contribution is 2.37. The van der Waals surface area contributed by atoms with E-state index in [0.717, 1.165) is 17.2 Å². The molecule has 2 atom stereocenters. The Hall–Kier alpha value is -5.77. The number of carbonyl (C=O) groups is 4. The Balaban J connectivity index is 1.60. The number of rotatable bonds is 21. The third kappa shape index (κ3) is 13.2. The summed E-state index contributed by atoms with van der Waals surface area (Å²) >= 11 is 0. The van der Waals surface area contributed by atoms with E-state index in [0.29, 0.717) is 12.8 Å². The fourth-order valence-corrected chi connectivity index (χ4v) is 6.34. The molecule has 0 heterocycles. The van der Waals surface area contributed by atoms with Gasteiger partial charge in [0.1, 0.15) is 29.8 Å². The molecule has 15 heteroatoms. The number of sulfonamides is 1. The summed E-state index contributed by atoms with van der Waals surface area (Å²) in [6, 6.07) is 27.6. The van der Waals surface area contributed by atoms with Gasteiger partial charge < -0.3 is 29.2 Å². The maximum absolute atomic E-state index is 14.1. The number of amides is 1. The van der Waals surface area contributed by atoms with Crippen molar-refractivity contribution >= 4 is 39.5 Å². The number of primary sulfonamides is 1. The van der Waals surface area contributed by atoms with E-state index in [9.17, 15) is 27.6 Å². The van der Waals surface area contributed by atoms with Crippen LogP contribution < -0.4 is 20.5 Å². The molecule has 0 aliphatic heterocycles. The lowest BCUT2D eigenvalue weighted by Gasteiger charge is -2.28. The summed E-state index contributed by atoms with van der Waals surface area (Å²) in [7, 11) is -4.45. The van der Waals surface area contributed by atoms with Crippen molar-refractivity contribution in [2.75, 3.05) is 38.2 Å². The van der Waals surface area contributed by atoms with Crippen molar-refractivity contribution in [1.82, 2.24) is 10.2 Å². The minimum absolute atomic E-state index is 0.0185. The lowest BCUT2D eigenvalue weighted by molar-refractivity contribution is -0.151. The molecule has 0 fully saturated rings. The molecule has 0 aliphatic carbocycles. The summed E-state index contributed by atoms with van der Waals surface area (Å²) in [5.41, 5.74) is 1.69. The van der Waals surface area contributed by atoms with Crippen LogP contribution in [-0.4, -0.2) is 82.1 Å². The zero-order chi connectivity index (χ0) is 40.5. The second-order valence-corrected chi connectivity index (χ2v) is 14.1. The summed E-state index contributed by atoms with van der Waals surface area (Å²) in [5.74, 6) is -2.44. The normalized spacial score (nSPS) is 12.1. The first-order valence-electron chi connectivity index (χ1n) is 18.2. The van der Waals surface area contributed by atoms with Gasteiger partial charge in [-0.3, -0.25) is 19.7 Å². The molecule has 0 aromatic heterocycles. The number of hydrogen-bond acceptors (Lipinski definition) is 12. The number of para-hydroxylation sites is 1. The smallest absolute Gasteiger partial charge is 0.338 e. The Kier molecular flexibility index (Phi) is 16.4. The number of nitrogens with zero attached hydrogens (tertiary/aromatic N) is 1. The predicted molar refractivity (Wildman–Crippen MR) is 209 cm³/mol. The Morgan fingerprint density at radius 3 is 2.02 bits per heavy atom. The third-order valence-corrected chi connectivity index (χ3v) is 9.28. The van der Waals surface area contributed by atoms with Gasteiger partial charge in [0.25, 0.3) is 0 Å². The van der Waals surface area contributed by atoms with Crippen LogP contribution in [-0.2, 0) is 51.6 Å². The van der Waals surface area contributed by atoms with E-state index in [2.05, 4.69) is 10.6 Å². The maximum Gasteiger partial charge on any atom is 0.338 e. The fourth-order valence-electron chi connectivity index (χ4n) is 5.64. The van der Waals surface area contributed by atoms with E-state index in [1.165, 1.54) is 11.0 Å². The highest BCUT2D eigenvalue weighted by molar-refractivity contribution is 7.89. The summed E-state index contributed by atoms with van der Waals surface area (Å²) in [6.45, 7) is 4.41. The van der Waals surface area contributed by atoms with Gasteiger partial charge in [-0.05, 0) is 69.0 Å². The van der Waals surface area contributed by atoms with Crippen molar-refractivity contribution in [3.8, 4) is 11.5 Å². The van der Waals surface area contributed by atoms with E-state index in [4.69, 9.17) is 24.1 Å². The number of esters is 3. The molecule has 4 aromatic rings. The monoisotopic (exact) mass is 788 g/mol. The molecule has 0 aliphatic rings. The number of ether oxygens (including phenoxy) is 4. The molecular weight excluding hydrogens is 741 g/mol. The standard InChI is InChI=1S/C41H48N4O10S/c1-4-52-40(48)32-25-35(38(36(26-32)56(42,50)51)55-33-19-13-8-14-20-33)43-23-24-45(27-37(46)54-28-31-17-11-7-12-18-31)39(47)29(3)44-34(41(49)53-5-2)22-21-30-15-9-6-10-16-30/h6-20,25-26,29,34,43-44H,4-5,21-24,27-28H2,1-3H3,(H2,42,50,51)/t29-,34-/m0/s1. The molecule has 4 rings (SSSR count). The van der Waals surface area contributed by atoms with E-state index in [1.54, 1.807) is 63.2 Å². The Labute approximate surface area is 327 Å². The van der Waals surface area contributed by atoms with Crippen LogP contribution in [0.5, 0.6) is 11.5 Å². The first kappa shape index (κ1) is 43.0. The number of anilines is 1. The summed E-state index contributed by atoms with van der Waals surface area (Å²) in [6.07, 6.45) is 0.880. The average molecular weight is 789 g/mol. The number of aryl methyl sites for hydroxylation is 1. The molecule has 4 N–H and O–H groups in total. The second-order valence-electron chi connectivity index (χ2n) is 12.6. The molecule has 56 heavy (non-hydrogen) atoms. The molecule has 14 nitrogen and oxygen atoms in total. The van der Waals surface area contributed by atoms with Gasteiger partial charge in [-0.2, -0.15) is 0 Å². The van der Waals surface area contributed by atoms with E-state index >= 15 is 0 Å². The lowest BCUT2D eigenvalue weighted by atomic mass is 10.0. The Morgan fingerprint density at radius 1 is 0.804 bits per heavy atom. The van der Waals surface area contributed by atoms with Gasteiger partial charge in [-0.25, -0.2) is 18.4 Å². The van der Waals surface area contributed by atoms with Crippen molar-refractivity contribution < 1.29 is 46.5 Å². The molecule has 0 spiro atoms. The highest BCUT2D eigenvalue weighted by Gasteiger charge is 2.29. The number of carbonyl (C=O) groups excluding carboxylic acids is 4. The van der Waals surface area contributed by atoms with Crippen molar-refractivity contribution in [2.45, 2.75) is 57.2 Å². The lowest BCUT2D eigenvalue weighted by Crippen LogP contribution is -2.53. The summed E-state index contributed by atoms with van der Waals surface area (Å²) in [4.78, 5) is 53.9. The van der Waals surface area contributed by atoms with Crippen LogP contribution in [0.25, 0.3) is 0 Å².